The zero-order valence-corrected chi connectivity index (χ0v) is 13.7. The van der Waals surface area contributed by atoms with Crippen molar-refractivity contribution in [2.75, 3.05) is 25.0 Å². The van der Waals surface area contributed by atoms with Crippen LogP contribution in [0.2, 0.25) is 0 Å². The van der Waals surface area contributed by atoms with Crippen LogP contribution < -0.4 is 15.5 Å². The molecule has 5 heteroatoms. The number of carbonyl (C=O) groups is 1. The summed E-state index contributed by atoms with van der Waals surface area (Å²) in [4.78, 5) is 14.1. The van der Waals surface area contributed by atoms with Crippen molar-refractivity contribution >= 4 is 27.5 Å². The van der Waals surface area contributed by atoms with Crippen LogP contribution >= 0.6 is 15.9 Å². The van der Waals surface area contributed by atoms with Crippen LogP contribution in [0.3, 0.4) is 0 Å². The molecule has 0 saturated carbocycles. The molecule has 1 amide bonds. The van der Waals surface area contributed by atoms with E-state index in [0.29, 0.717) is 0 Å². The van der Waals surface area contributed by atoms with E-state index in [1.165, 1.54) is 5.56 Å². The maximum absolute atomic E-state index is 11.9. The Hall–Kier alpha value is -1.07. The first kappa shape index (κ1) is 15.3. The Morgan fingerprint density at radius 1 is 1.50 bits per heavy atom. The lowest BCUT2D eigenvalue weighted by Gasteiger charge is -2.26. The van der Waals surface area contributed by atoms with Crippen LogP contribution in [0.15, 0.2) is 22.7 Å². The minimum absolute atomic E-state index is 0.0356. The highest BCUT2D eigenvalue weighted by Gasteiger charge is 2.30. The van der Waals surface area contributed by atoms with Crippen LogP contribution in [-0.4, -0.2) is 32.1 Å². The molecule has 1 saturated heterocycles. The number of nitrogens with zero attached hydrogens (tertiary/aromatic N) is 1. The predicted octanol–water partition coefficient (Wildman–Crippen LogP) is 2.27. The van der Waals surface area contributed by atoms with E-state index in [4.69, 9.17) is 0 Å². The fraction of sp³-hybridized carbons (Fsp3) is 0.533. The summed E-state index contributed by atoms with van der Waals surface area (Å²) in [6.07, 6.45) is 1.99. The first-order valence-corrected chi connectivity index (χ1v) is 7.94. The van der Waals surface area contributed by atoms with Crippen molar-refractivity contribution in [2.45, 2.75) is 32.4 Å². The smallest absolute Gasteiger partial charge is 0.242 e. The van der Waals surface area contributed by atoms with Gasteiger partial charge in [0.05, 0.1) is 0 Å². The first-order valence-electron chi connectivity index (χ1n) is 7.14. The van der Waals surface area contributed by atoms with Crippen LogP contribution in [-0.2, 0) is 11.3 Å². The summed E-state index contributed by atoms with van der Waals surface area (Å²) in [6.45, 7) is 4.85. The summed E-state index contributed by atoms with van der Waals surface area (Å²) in [5, 5.41) is 6.08. The Balaban J connectivity index is 2.16. The van der Waals surface area contributed by atoms with Gasteiger partial charge in [-0.2, -0.15) is 0 Å². The third-order valence-electron chi connectivity index (χ3n) is 3.74. The lowest BCUT2D eigenvalue weighted by molar-refractivity contribution is -0.121. The monoisotopic (exact) mass is 339 g/mol. The van der Waals surface area contributed by atoms with Crippen LogP contribution in [0.1, 0.15) is 25.3 Å². The SMILES string of the molecule is CCNCc1ccc(N2CCCC2C(=O)NC)cc1Br. The van der Waals surface area contributed by atoms with Gasteiger partial charge in [-0.25, -0.2) is 0 Å². The molecule has 1 aliphatic heterocycles. The molecule has 1 atom stereocenters. The number of halogens is 1. The molecule has 0 aliphatic carbocycles. The normalized spacial score (nSPS) is 18.4. The molecule has 2 rings (SSSR count). The minimum atomic E-state index is -0.0356. The van der Waals surface area contributed by atoms with Crippen LogP contribution in [0.4, 0.5) is 5.69 Å². The number of amides is 1. The van der Waals surface area contributed by atoms with Gasteiger partial charge in [-0.15, -0.1) is 0 Å². The minimum Gasteiger partial charge on any atom is -0.359 e. The Kier molecular flexibility index (Phi) is 5.43. The molecule has 1 aliphatic rings. The van der Waals surface area contributed by atoms with Crippen molar-refractivity contribution in [3.8, 4) is 0 Å². The summed E-state index contributed by atoms with van der Waals surface area (Å²) in [6, 6.07) is 6.32. The molecule has 0 radical (unpaired) electrons. The van der Waals surface area contributed by atoms with Gasteiger partial charge in [-0.05, 0) is 37.1 Å². The number of likely N-dealkylation sites (N-methyl/N-ethyl adjacent to an activating group) is 1. The third-order valence-corrected chi connectivity index (χ3v) is 4.47. The van der Waals surface area contributed by atoms with Gasteiger partial charge in [0.15, 0.2) is 0 Å². The van der Waals surface area contributed by atoms with E-state index in [2.05, 4.69) is 56.6 Å². The maximum Gasteiger partial charge on any atom is 0.242 e. The molecule has 0 aromatic heterocycles. The predicted molar refractivity (Wildman–Crippen MR) is 86.0 cm³/mol. The molecule has 1 aromatic rings. The number of hydrogen-bond acceptors (Lipinski definition) is 3. The third kappa shape index (κ3) is 3.33. The second kappa shape index (κ2) is 7.09. The number of benzene rings is 1. The van der Waals surface area contributed by atoms with E-state index in [1.807, 2.05) is 0 Å². The van der Waals surface area contributed by atoms with Crippen LogP contribution in [0.5, 0.6) is 0 Å². The van der Waals surface area contributed by atoms with E-state index in [1.54, 1.807) is 7.05 Å². The molecule has 0 bridgehead atoms. The standard InChI is InChI=1S/C15H22BrN3O/c1-3-18-10-11-6-7-12(9-13(11)16)19-8-4-5-14(19)15(20)17-2/h6-7,9,14,18H,3-5,8,10H2,1-2H3,(H,17,20). The van der Waals surface area contributed by atoms with Crippen LogP contribution in [0.25, 0.3) is 0 Å². The van der Waals surface area contributed by atoms with Gasteiger partial charge in [-0.1, -0.05) is 28.9 Å². The zero-order valence-electron chi connectivity index (χ0n) is 12.1. The maximum atomic E-state index is 11.9. The summed E-state index contributed by atoms with van der Waals surface area (Å²) >= 11 is 3.63. The Labute approximate surface area is 129 Å². The summed E-state index contributed by atoms with van der Waals surface area (Å²) in [5.41, 5.74) is 2.36. The number of anilines is 1. The molecule has 20 heavy (non-hydrogen) atoms. The number of hydrogen-bond donors (Lipinski definition) is 2. The second-order valence-corrected chi connectivity index (χ2v) is 5.88. The quantitative estimate of drug-likeness (QED) is 0.864. The Morgan fingerprint density at radius 2 is 2.30 bits per heavy atom. The summed E-state index contributed by atoms with van der Waals surface area (Å²) in [5.74, 6) is 0.107. The molecular formula is C15H22BrN3O. The van der Waals surface area contributed by atoms with Gasteiger partial charge >= 0.3 is 0 Å². The van der Waals surface area contributed by atoms with Gasteiger partial charge in [-0.3, -0.25) is 4.79 Å². The van der Waals surface area contributed by atoms with E-state index < -0.39 is 0 Å². The van der Waals surface area contributed by atoms with Crippen LogP contribution in [0, 0.1) is 0 Å². The van der Waals surface area contributed by atoms with E-state index in [-0.39, 0.29) is 11.9 Å². The topological polar surface area (TPSA) is 44.4 Å². The highest BCUT2D eigenvalue weighted by Crippen LogP contribution is 2.29. The van der Waals surface area contributed by atoms with Gasteiger partial charge in [0, 0.05) is 30.3 Å². The van der Waals surface area contributed by atoms with E-state index in [0.717, 1.165) is 42.6 Å². The molecule has 0 spiro atoms. The average Bonchev–Trinajstić information content (AvgIpc) is 2.94. The summed E-state index contributed by atoms with van der Waals surface area (Å²) < 4.78 is 1.10. The van der Waals surface area contributed by atoms with Gasteiger partial charge in [0.25, 0.3) is 0 Å². The zero-order chi connectivity index (χ0) is 14.5. The lowest BCUT2D eigenvalue weighted by atomic mass is 10.1. The highest BCUT2D eigenvalue weighted by atomic mass is 79.9. The molecule has 110 valence electrons. The molecule has 1 fully saturated rings. The van der Waals surface area contributed by atoms with Crippen molar-refractivity contribution in [1.29, 1.82) is 0 Å². The lowest BCUT2D eigenvalue weighted by Crippen LogP contribution is -2.42. The van der Waals surface area contributed by atoms with Gasteiger partial charge in [0.1, 0.15) is 6.04 Å². The molecule has 1 aromatic carbocycles. The number of carbonyl (C=O) groups excluding carboxylic acids is 1. The molecule has 4 nitrogen and oxygen atoms in total. The number of nitrogens with one attached hydrogen (secondary N) is 2. The number of rotatable bonds is 5. The fourth-order valence-electron chi connectivity index (χ4n) is 2.63. The van der Waals surface area contributed by atoms with E-state index >= 15 is 0 Å². The first-order chi connectivity index (χ1) is 9.67. The highest BCUT2D eigenvalue weighted by molar-refractivity contribution is 9.10. The van der Waals surface area contributed by atoms with E-state index in [9.17, 15) is 4.79 Å². The van der Waals surface area contributed by atoms with Gasteiger partial charge < -0.3 is 15.5 Å². The molecular weight excluding hydrogens is 318 g/mol. The van der Waals surface area contributed by atoms with Crippen molar-refractivity contribution in [3.63, 3.8) is 0 Å². The largest absolute Gasteiger partial charge is 0.359 e. The average molecular weight is 340 g/mol. The molecule has 2 N–H and O–H groups in total. The Morgan fingerprint density at radius 3 is 2.95 bits per heavy atom. The molecule has 1 heterocycles. The Bertz CT molecular complexity index is 478. The van der Waals surface area contributed by atoms with Crippen molar-refractivity contribution in [1.82, 2.24) is 10.6 Å². The summed E-state index contributed by atoms with van der Waals surface area (Å²) in [7, 11) is 1.70. The van der Waals surface area contributed by atoms with Crippen molar-refractivity contribution in [3.05, 3.63) is 28.2 Å². The fourth-order valence-corrected chi connectivity index (χ4v) is 3.14. The van der Waals surface area contributed by atoms with Crippen molar-refractivity contribution < 1.29 is 4.79 Å². The van der Waals surface area contributed by atoms with Gasteiger partial charge in [0.2, 0.25) is 5.91 Å². The molecule has 1 unspecified atom stereocenters. The van der Waals surface area contributed by atoms with Crippen molar-refractivity contribution in [2.24, 2.45) is 0 Å². The second-order valence-electron chi connectivity index (χ2n) is 5.02.